The maximum atomic E-state index is 14.4. The molecule has 0 spiro atoms. The number of aromatic nitrogens is 3. The second-order valence-corrected chi connectivity index (χ2v) is 9.68. The smallest absolute Gasteiger partial charge is 0.242 e. The fourth-order valence-electron chi connectivity index (χ4n) is 5.00. The molecule has 4 heterocycles. The summed E-state index contributed by atoms with van der Waals surface area (Å²) < 4.78 is 27.9. The first-order valence-electron chi connectivity index (χ1n) is 12.8. The molecule has 196 valence electrons. The van der Waals surface area contributed by atoms with Crippen LogP contribution in [0.15, 0.2) is 54.7 Å². The molecule has 2 aliphatic rings. The highest BCUT2D eigenvalue weighted by Gasteiger charge is 2.23. The van der Waals surface area contributed by atoms with Crippen molar-refractivity contribution in [2.24, 2.45) is 7.05 Å². The van der Waals surface area contributed by atoms with E-state index in [-0.39, 0.29) is 23.7 Å². The zero-order chi connectivity index (χ0) is 26.1. The summed E-state index contributed by atoms with van der Waals surface area (Å²) in [5.41, 5.74) is 3.09. The number of pyridine rings is 1. The van der Waals surface area contributed by atoms with Gasteiger partial charge in [0.25, 0.3) is 0 Å². The van der Waals surface area contributed by atoms with Crippen molar-refractivity contribution in [3.63, 3.8) is 0 Å². The summed E-state index contributed by atoms with van der Waals surface area (Å²) in [7, 11) is 1.92. The number of carbonyl (C=O) groups excluding carboxylic acids is 1. The molecule has 0 saturated carbocycles. The number of aryl methyl sites for hydroxylation is 1. The van der Waals surface area contributed by atoms with Gasteiger partial charge in [-0.25, -0.2) is 14.4 Å². The largest absolute Gasteiger partial charge is 0.457 e. The Morgan fingerprint density at radius 2 is 2.05 bits per heavy atom. The van der Waals surface area contributed by atoms with E-state index in [0.29, 0.717) is 42.0 Å². The molecule has 2 atom stereocenters. The molecule has 0 bridgehead atoms. The van der Waals surface area contributed by atoms with Gasteiger partial charge in [0, 0.05) is 43.6 Å². The number of hydrogen-bond donors (Lipinski definition) is 3. The van der Waals surface area contributed by atoms with Gasteiger partial charge < -0.3 is 30.0 Å². The molecule has 38 heavy (non-hydrogen) atoms. The van der Waals surface area contributed by atoms with Crippen molar-refractivity contribution >= 4 is 34.4 Å². The topological polar surface area (TPSA) is 102 Å². The normalized spacial score (nSPS) is 19.1. The predicted molar refractivity (Wildman–Crippen MR) is 143 cm³/mol. The molecule has 6 rings (SSSR count). The van der Waals surface area contributed by atoms with Gasteiger partial charge in [0.15, 0.2) is 0 Å². The van der Waals surface area contributed by atoms with Gasteiger partial charge in [-0.05, 0) is 67.8 Å². The Morgan fingerprint density at radius 1 is 1.16 bits per heavy atom. The summed E-state index contributed by atoms with van der Waals surface area (Å²) in [6.07, 6.45) is 4.23. The van der Waals surface area contributed by atoms with Crippen LogP contribution >= 0.6 is 0 Å². The summed E-state index contributed by atoms with van der Waals surface area (Å²) in [4.78, 5) is 21.4. The molecule has 4 aromatic rings. The number of fused-ring (bicyclic) bond motifs is 1. The maximum absolute atomic E-state index is 14.4. The lowest BCUT2D eigenvalue weighted by atomic mass is 9.97. The van der Waals surface area contributed by atoms with Gasteiger partial charge in [-0.2, -0.15) is 0 Å². The second kappa shape index (κ2) is 10.4. The summed E-state index contributed by atoms with van der Waals surface area (Å²) in [6, 6.07) is 13.9. The van der Waals surface area contributed by atoms with Crippen LogP contribution in [0.3, 0.4) is 0 Å². The van der Waals surface area contributed by atoms with Crippen molar-refractivity contribution in [2.45, 2.75) is 31.2 Å². The number of ether oxygens (including phenoxy) is 2. The van der Waals surface area contributed by atoms with Crippen LogP contribution in [0.1, 0.15) is 30.7 Å². The number of nitrogens with one attached hydrogen (secondary N) is 3. The number of hydrogen-bond acceptors (Lipinski definition) is 7. The van der Waals surface area contributed by atoms with E-state index >= 15 is 0 Å². The van der Waals surface area contributed by atoms with E-state index in [4.69, 9.17) is 14.5 Å². The molecule has 2 fully saturated rings. The molecule has 10 heteroatoms. The van der Waals surface area contributed by atoms with Gasteiger partial charge in [-0.15, -0.1) is 0 Å². The minimum absolute atomic E-state index is 0.0679. The van der Waals surface area contributed by atoms with E-state index in [0.717, 1.165) is 42.5 Å². The fourth-order valence-corrected chi connectivity index (χ4v) is 5.00. The maximum Gasteiger partial charge on any atom is 0.242 e. The second-order valence-electron chi connectivity index (χ2n) is 9.68. The number of anilines is 3. The lowest BCUT2D eigenvalue weighted by Crippen LogP contribution is -2.35. The van der Waals surface area contributed by atoms with Gasteiger partial charge in [0.2, 0.25) is 11.9 Å². The Balaban J connectivity index is 1.18. The number of benzene rings is 2. The highest BCUT2D eigenvalue weighted by molar-refractivity contribution is 5.94. The highest BCUT2D eigenvalue weighted by atomic mass is 19.1. The quantitative estimate of drug-likeness (QED) is 0.323. The molecule has 3 N–H and O–H groups in total. The van der Waals surface area contributed by atoms with Crippen LogP contribution in [0.25, 0.3) is 11.0 Å². The van der Waals surface area contributed by atoms with Gasteiger partial charge in [-0.3, -0.25) is 4.79 Å². The molecule has 1 amide bonds. The van der Waals surface area contributed by atoms with Crippen LogP contribution in [0.5, 0.6) is 11.5 Å². The van der Waals surface area contributed by atoms with Gasteiger partial charge in [0.1, 0.15) is 23.1 Å². The van der Waals surface area contributed by atoms with Crippen LogP contribution in [0, 0.1) is 5.82 Å². The van der Waals surface area contributed by atoms with E-state index in [2.05, 4.69) is 20.9 Å². The van der Waals surface area contributed by atoms with Gasteiger partial charge >= 0.3 is 0 Å². The van der Waals surface area contributed by atoms with Crippen molar-refractivity contribution in [3.8, 4) is 11.5 Å². The first kappa shape index (κ1) is 24.3. The third-order valence-electron chi connectivity index (χ3n) is 7.07. The SMILES string of the molecule is Cn1c(Nc2ccc(F)c(C3CCOC3)c2)nc2cc(Oc3ccnc(NC(=O)[C@@H]4CCCN4)c3)ccc21. The minimum Gasteiger partial charge on any atom is -0.457 e. The van der Waals surface area contributed by atoms with Crippen LogP contribution in [0.2, 0.25) is 0 Å². The summed E-state index contributed by atoms with van der Waals surface area (Å²) >= 11 is 0. The summed E-state index contributed by atoms with van der Waals surface area (Å²) in [5.74, 6) is 1.99. The molecule has 1 unspecified atom stereocenters. The van der Waals surface area contributed by atoms with Crippen LogP contribution in [-0.4, -0.2) is 46.2 Å². The highest BCUT2D eigenvalue weighted by Crippen LogP contribution is 2.32. The number of amides is 1. The van der Waals surface area contributed by atoms with E-state index in [1.54, 1.807) is 24.4 Å². The Bertz CT molecular complexity index is 1480. The average Bonchev–Trinajstić information content (AvgIpc) is 3.68. The first-order chi connectivity index (χ1) is 18.5. The number of carbonyl (C=O) groups is 1. The zero-order valence-electron chi connectivity index (χ0n) is 21.0. The third-order valence-corrected chi connectivity index (χ3v) is 7.07. The number of halogens is 1. The summed E-state index contributed by atoms with van der Waals surface area (Å²) in [5, 5.41) is 9.35. The van der Waals surface area contributed by atoms with E-state index in [1.165, 1.54) is 6.07 Å². The standard InChI is InChI=1S/C28H29FN6O3/c1-35-25-7-5-19(38-20-8-11-31-26(15-20)34-27(36)23-3-2-10-30-23)14-24(25)33-28(35)32-18-4-6-22(29)21(13-18)17-9-12-37-16-17/h4-8,11,13-15,17,23,30H,2-3,9-10,12,16H2,1H3,(H,32,33)(H,31,34,36)/t17?,23-/m0/s1. The third kappa shape index (κ3) is 5.05. The van der Waals surface area contributed by atoms with Crippen molar-refractivity contribution in [3.05, 3.63) is 66.1 Å². The van der Waals surface area contributed by atoms with Gasteiger partial charge in [-0.1, -0.05) is 0 Å². The molecule has 2 aromatic carbocycles. The molecule has 0 radical (unpaired) electrons. The van der Waals surface area contributed by atoms with Gasteiger partial charge in [0.05, 0.1) is 23.7 Å². The van der Waals surface area contributed by atoms with Crippen molar-refractivity contribution in [1.82, 2.24) is 19.9 Å². The molecular formula is C28H29FN6O3. The fraction of sp³-hybridized carbons (Fsp3) is 0.321. The van der Waals surface area contributed by atoms with E-state index in [1.807, 2.05) is 35.9 Å². The predicted octanol–water partition coefficient (Wildman–Crippen LogP) is 4.84. The number of imidazole rings is 1. The van der Waals surface area contributed by atoms with Crippen LogP contribution < -0.4 is 20.7 Å². The monoisotopic (exact) mass is 516 g/mol. The number of nitrogens with zero attached hydrogens (tertiary/aromatic N) is 3. The molecule has 2 saturated heterocycles. The Morgan fingerprint density at radius 3 is 2.87 bits per heavy atom. The van der Waals surface area contributed by atoms with Crippen LogP contribution in [0.4, 0.5) is 21.8 Å². The zero-order valence-corrected chi connectivity index (χ0v) is 21.0. The first-order valence-corrected chi connectivity index (χ1v) is 12.8. The Hall–Kier alpha value is -4.02. The molecule has 2 aliphatic heterocycles. The lowest BCUT2D eigenvalue weighted by molar-refractivity contribution is -0.117. The van der Waals surface area contributed by atoms with Crippen molar-refractivity contribution in [1.29, 1.82) is 0 Å². The Labute approximate surface area is 219 Å². The average molecular weight is 517 g/mol. The van der Waals surface area contributed by atoms with Crippen molar-refractivity contribution < 1.29 is 18.7 Å². The summed E-state index contributed by atoms with van der Waals surface area (Å²) in [6.45, 7) is 2.05. The van der Waals surface area contributed by atoms with E-state index < -0.39 is 0 Å². The van der Waals surface area contributed by atoms with Crippen molar-refractivity contribution in [2.75, 3.05) is 30.4 Å². The van der Waals surface area contributed by atoms with Crippen LogP contribution in [-0.2, 0) is 16.6 Å². The lowest BCUT2D eigenvalue weighted by Gasteiger charge is -2.13. The molecular weight excluding hydrogens is 487 g/mol. The molecule has 2 aromatic heterocycles. The minimum atomic E-state index is -0.216. The molecule has 0 aliphatic carbocycles. The Kier molecular flexibility index (Phi) is 6.65. The number of rotatable bonds is 7. The molecule has 9 nitrogen and oxygen atoms in total. The van der Waals surface area contributed by atoms with E-state index in [9.17, 15) is 9.18 Å².